The van der Waals surface area contributed by atoms with Crippen LogP contribution in [0.25, 0.3) is 0 Å². The largest absolute Gasteiger partial charge is 0.466 e. The van der Waals surface area contributed by atoms with E-state index in [9.17, 15) is 10.2 Å². The van der Waals surface area contributed by atoms with Gasteiger partial charge in [-0.3, -0.25) is 0 Å². The van der Waals surface area contributed by atoms with Crippen LogP contribution in [0.5, 0.6) is 0 Å². The maximum atomic E-state index is 10.4. The van der Waals surface area contributed by atoms with Crippen molar-refractivity contribution in [1.29, 1.82) is 0 Å². The third kappa shape index (κ3) is 2.41. The molecule has 4 heteroatoms. The molecule has 0 saturated carbocycles. The number of aliphatic hydroxyl groups is 2. The van der Waals surface area contributed by atoms with Gasteiger partial charge in [0, 0.05) is 5.56 Å². The average Bonchev–Trinajstić information content (AvgIpc) is 3.18. The van der Waals surface area contributed by atoms with Crippen LogP contribution < -0.4 is 0 Å². The van der Waals surface area contributed by atoms with Gasteiger partial charge < -0.3 is 14.6 Å². The fourth-order valence-corrected chi connectivity index (χ4v) is 2.85. The number of rotatable bonds is 4. The minimum Gasteiger partial charge on any atom is -0.466 e. The van der Waals surface area contributed by atoms with Gasteiger partial charge in [-0.2, -0.15) is 11.3 Å². The van der Waals surface area contributed by atoms with Crippen molar-refractivity contribution in [3.05, 3.63) is 81.9 Å². The van der Waals surface area contributed by atoms with E-state index in [1.54, 1.807) is 6.07 Å². The lowest BCUT2D eigenvalue weighted by Crippen LogP contribution is -2.05. The SMILES string of the molecule is OC(c1ccsc1)c1ccoc1C(O)c1ccccc1. The van der Waals surface area contributed by atoms with E-state index in [2.05, 4.69) is 0 Å². The highest BCUT2D eigenvalue weighted by Gasteiger charge is 2.23. The Morgan fingerprint density at radius 2 is 1.70 bits per heavy atom. The third-order valence-corrected chi connectivity index (χ3v) is 3.95. The van der Waals surface area contributed by atoms with Crippen LogP contribution >= 0.6 is 11.3 Å². The number of hydrogen-bond donors (Lipinski definition) is 2. The standard InChI is InChI=1S/C16H14O3S/c17-14(12-7-9-20-10-12)13-6-8-19-16(13)15(18)11-4-2-1-3-5-11/h1-10,14-15,17-18H. The molecule has 0 amide bonds. The first kappa shape index (κ1) is 13.1. The van der Waals surface area contributed by atoms with E-state index < -0.39 is 12.2 Å². The molecule has 2 heterocycles. The summed E-state index contributed by atoms with van der Waals surface area (Å²) in [6.07, 6.45) is -0.172. The molecule has 20 heavy (non-hydrogen) atoms. The first-order valence-electron chi connectivity index (χ1n) is 6.28. The molecule has 0 aliphatic carbocycles. The van der Waals surface area contributed by atoms with Crippen molar-refractivity contribution in [2.75, 3.05) is 0 Å². The molecule has 1 aromatic carbocycles. The van der Waals surface area contributed by atoms with Gasteiger partial charge in [-0.25, -0.2) is 0 Å². The Bertz CT molecular complexity index is 658. The summed E-state index contributed by atoms with van der Waals surface area (Å²) < 4.78 is 5.39. The smallest absolute Gasteiger partial charge is 0.142 e. The molecule has 102 valence electrons. The molecule has 0 fully saturated rings. The summed E-state index contributed by atoms with van der Waals surface area (Å²) in [5, 5.41) is 24.6. The fourth-order valence-electron chi connectivity index (χ4n) is 2.18. The van der Waals surface area contributed by atoms with Crippen LogP contribution in [0.4, 0.5) is 0 Å². The lowest BCUT2D eigenvalue weighted by Gasteiger charge is -2.14. The maximum absolute atomic E-state index is 10.4. The monoisotopic (exact) mass is 286 g/mol. The molecule has 0 aliphatic rings. The Morgan fingerprint density at radius 3 is 2.40 bits per heavy atom. The van der Waals surface area contributed by atoms with Crippen molar-refractivity contribution in [3.63, 3.8) is 0 Å². The summed E-state index contributed by atoms with van der Waals surface area (Å²) in [5.74, 6) is 0.384. The Labute approximate surface area is 120 Å². The van der Waals surface area contributed by atoms with Crippen LogP contribution in [-0.4, -0.2) is 10.2 Å². The second-order valence-corrected chi connectivity index (χ2v) is 5.29. The van der Waals surface area contributed by atoms with Crippen molar-refractivity contribution < 1.29 is 14.6 Å². The van der Waals surface area contributed by atoms with E-state index >= 15 is 0 Å². The van der Waals surface area contributed by atoms with Crippen molar-refractivity contribution in [1.82, 2.24) is 0 Å². The number of aliphatic hydroxyl groups excluding tert-OH is 2. The molecule has 2 unspecified atom stereocenters. The average molecular weight is 286 g/mol. The zero-order chi connectivity index (χ0) is 13.9. The van der Waals surface area contributed by atoms with Gasteiger partial charge in [0.1, 0.15) is 18.0 Å². The Morgan fingerprint density at radius 1 is 0.900 bits per heavy atom. The van der Waals surface area contributed by atoms with Gasteiger partial charge in [0.2, 0.25) is 0 Å². The molecule has 3 rings (SSSR count). The molecule has 2 atom stereocenters. The van der Waals surface area contributed by atoms with Crippen molar-refractivity contribution in [2.24, 2.45) is 0 Å². The van der Waals surface area contributed by atoms with Gasteiger partial charge in [0.15, 0.2) is 0 Å². The highest BCUT2D eigenvalue weighted by Crippen LogP contribution is 2.33. The van der Waals surface area contributed by atoms with E-state index in [1.807, 2.05) is 47.2 Å². The number of thiophene rings is 1. The predicted molar refractivity (Wildman–Crippen MR) is 77.6 cm³/mol. The van der Waals surface area contributed by atoms with Crippen molar-refractivity contribution in [3.8, 4) is 0 Å². The van der Waals surface area contributed by atoms with E-state index in [1.165, 1.54) is 17.6 Å². The van der Waals surface area contributed by atoms with Crippen LogP contribution in [0.1, 0.15) is 34.7 Å². The first-order valence-corrected chi connectivity index (χ1v) is 7.22. The van der Waals surface area contributed by atoms with E-state index in [-0.39, 0.29) is 0 Å². The van der Waals surface area contributed by atoms with Gasteiger partial charge in [-0.15, -0.1) is 0 Å². The second kappa shape index (κ2) is 5.63. The van der Waals surface area contributed by atoms with Gasteiger partial charge >= 0.3 is 0 Å². The van der Waals surface area contributed by atoms with E-state index in [4.69, 9.17) is 4.42 Å². The molecule has 2 N–H and O–H groups in total. The fraction of sp³-hybridized carbons (Fsp3) is 0.125. The van der Waals surface area contributed by atoms with Crippen LogP contribution in [0.15, 0.2) is 63.9 Å². The predicted octanol–water partition coefficient (Wildman–Crippen LogP) is 3.50. The van der Waals surface area contributed by atoms with Crippen LogP contribution in [0, 0.1) is 0 Å². The number of furan rings is 1. The first-order chi connectivity index (χ1) is 9.77. The van der Waals surface area contributed by atoms with E-state index in [0.29, 0.717) is 11.3 Å². The number of benzene rings is 1. The molecule has 0 radical (unpaired) electrons. The van der Waals surface area contributed by atoms with Crippen LogP contribution in [0.2, 0.25) is 0 Å². The molecule has 0 bridgehead atoms. The molecular weight excluding hydrogens is 272 g/mol. The minimum absolute atomic E-state index is 0.384. The van der Waals surface area contributed by atoms with Crippen LogP contribution in [-0.2, 0) is 0 Å². The molecular formula is C16H14O3S. The highest BCUT2D eigenvalue weighted by atomic mass is 32.1. The summed E-state index contributed by atoms with van der Waals surface area (Å²) in [5.41, 5.74) is 2.14. The lowest BCUT2D eigenvalue weighted by atomic mass is 9.99. The van der Waals surface area contributed by atoms with Gasteiger partial charge in [0.25, 0.3) is 0 Å². The van der Waals surface area contributed by atoms with Crippen molar-refractivity contribution >= 4 is 11.3 Å². The molecule has 0 saturated heterocycles. The lowest BCUT2D eigenvalue weighted by molar-refractivity contribution is 0.173. The quantitative estimate of drug-likeness (QED) is 0.771. The van der Waals surface area contributed by atoms with E-state index in [0.717, 1.165) is 11.1 Å². The summed E-state index contributed by atoms with van der Waals surface area (Å²) in [6.45, 7) is 0. The Hall–Kier alpha value is -1.88. The summed E-state index contributed by atoms with van der Waals surface area (Å²) in [7, 11) is 0. The molecule has 3 aromatic rings. The van der Waals surface area contributed by atoms with Gasteiger partial charge in [-0.1, -0.05) is 30.3 Å². The normalized spacial score (nSPS) is 14.1. The third-order valence-electron chi connectivity index (χ3n) is 3.24. The summed E-state index contributed by atoms with van der Waals surface area (Å²) in [6, 6.07) is 12.8. The highest BCUT2D eigenvalue weighted by molar-refractivity contribution is 7.07. The van der Waals surface area contributed by atoms with Gasteiger partial charge in [-0.05, 0) is 34.0 Å². The summed E-state index contributed by atoms with van der Waals surface area (Å²) in [4.78, 5) is 0. The topological polar surface area (TPSA) is 53.6 Å². The van der Waals surface area contributed by atoms with Gasteiger partial charge in [0.05, 0.1) is 6.26 Å². The second-order valence-electron chi connectivity index (χ2n) is 4.51. The Kier molecular flexibility index (Phi) is 3.69. The Balaban J connectivity index is 1.94. The number of hydrogen-bond acceptors (Lipinski definition) is 4. The van der Waals surface area contributed by atoms with Crippen molar-refractivity contribution in [2.45, 2.75) is 12.2 Å². The zero-order valence-electron chi connectivity index (χ0n) is 10.6. The minimum atomic E-state index is -0.880. The molecule has 0 aliphatic heterocycles. The molecule has 0 spiro atoms. The molecule has 3 nitrogen and oxygen atoms in total. The zero-order valence-corrected chi connectivity index (χ0v) is 11.5. The maximum Gasteiger partial charge on any atom is 0.142 e. The van der Waals surface area contributed by atoms with Crippen LogP contribution in [0.3, 0.4) is 0 Å². The summed E-state index contributed by atoms with van der Waals surface area (Å²) >= 11 is 1.52. The molecule has 2 aromatic heterocycles.